The Morgan fingerprint density at radius 1 is 0.407 bits per heavy atom. The highest BCUT2D eigenvalue weighted by molar-refractivity contribution is 7.76. The molecule has 2 heterocycles. The number of fused-ring (bicyclic) bond motifs is 10. The van der Waals surface area contributed by atoms with Gasteiger partial charge in [0.05, 0.1) is 33.4 Å². The summed E-state index contributed by atoms with van der Waals surface area (Å²) in [6, 6.07) is 64.9. The molecule has 0 N–H and O–H groups in total. The van der Waals surface area contributed by atoms with Gasteiger partial charge in [-0.1, -0.05) is 143 Å². The first kappa shape index (κ1) is 34.4. The summed E-state index contributed by atoms with van der Waals surface area (Å²) in [5.74, 6) is 0. The van der Waals surface area contributed by atoms with Crippen molar-refractivity contribution >= 4 is 57.3 Å². The fourth-order valence-corrected chi connectivity index (χ4v) is 13.7. The minimum absolute atomic E-state index is 0.143. The number of hydrogen-bond acceptors (Lipinski definition) is 1. The molecule has 59 heavy (non-hydrogen) atoms. The van der Waals surface area contributed by atoms with Crippen LogP contribution in [0.2, 0.25) is 0 Å². The van der Waals surface area contributed by atoms with Crippen molar-refractivity contribution in [2.75, 3.05) is 9.34 Å². The van der Waals surface area contributed by atoms with Gasteiger partial charge < -0.3 is 4.57 Å². The largest absolute Gasteiger partial charge is 0.309 e. The minimum Gasteiger partial charge on any atom is -0.309 e. The van der Waals surface area contributed by atoms with E-state index in [0.717, 1.165) is 50.3 Å². The van der Waals surface area contributed by atoms with Crippen LogP contribution in [0.1, 0.15) is 49.9 Å². The summed E-state index contributed by atoms with van der Waals surface area (Å²) in [4.78, 5) is 0. The lowest BCUT2D eigenvalue weighted by Crippen LogP contribution is -2.26. The van der Waals surface area contributed by atoms with E-state index in [1.165, 1.54) is 49.7 Å². The normalized spacial score (nSPS) is 17.8. The molecule has 5 heteroatoms. The van der Waals surface area contributed by atoms with E-state index in [9.17, 15) is 0 Å². The van der Waals surface area contributed by atoms with Crippen molar-refractivity contribution in [3.63, 3.8) is 0 Å². The zero-order valence-corrected chi connectivity index (χ0v) is 34.4. The summed E-state index contributed by atoms with van der Waals surface area (Å²) >= 11 is 0. The lowest BCUT2D eigenvalue weighted by atomic mass is 9.82. The monoisotopic (exact) mass is 779 g/mol. The molecule has 1 aliphatic heterocycles. The van der Waals surface area contributed by atoms with Gasteiger partial charge >= 0.3 is 7.44 Å². The molecule has 0 saturated carbocycles. The number of nitrogens with zero attached hydrogens (tertiary/aromatic N) is 3. The van der Waals surface area contributed by atoms with E-state index in [1.807, 2.05) is 48.5 Å². The van der Waals surface area contributed by atoms with E-state index < -0.39 is 7.44 Å². The topological polar surface area (TPSA) is 28.5 Å². The molecule has 1 atom stereocenters. The SMILES string of the molecule is CC1(C)c2ccccc2-c2cc3c4ccccc4n(-c4ccc5c(c4)N(c4ccccc4)P(=O)(c4ccccc4)N5c4cccc5c4-c4ccccc4C5(C)C)c3cc21. The highest BCUT2D eigenvalue weighted by Gasteiger charge is 2.51. The molecule has 0 amide bonds. The summed E-state index contributed by atoms with van der Waals surface area (Å²) in [6.45, 7) is 9.30. The molecule has 4 nitrogen and oxygen atoms in total. The molecule has 8 aromatic carbocycles. The Balaban J connectivity index is 1.16. The molecule has 0 radical (unpaired) electrons. The van der Waals surface area contributed by atoms with Gasteiger partial charge in [-0.3, -0.25) is 13.9 Å². The van der Waals surface area contributed by atoms with Gasteiger partial charge in [0.25, 0.3) is 0 Å². The van der Waals surface area contributed by atoms with E-state index in [2.05, 4.69) is 175 Å². The van der Waals surface area contributed by atoms with Crippen LogP contribution in [0.4, 0.5) is 22.7 Å². The fraction of sp³-hybridized carbons (Fsp3) is 0.111. The summed E-state index contributed by atoms with van der Waals surface area (Å²) in [5, 5.41) is 3.22. The van der Waals surface area contributed by atoms with Crippen molar-refractivity contribution in [1.82, 2.24) is 4.57 Å². The average molecular weight is 780 g/mol. The number of anilines is 4. The number of rotatable bonds is 4. The third-order valence-corrected chi connectivity index (χ3v) is 16.4. The maximum absolute atomic E-state index is 17.0. The second kappa shape index (κ2) is 12.0. The third kappa shape index (κ3) is 4.47. The van der Waals surface area contributed by atoms with E-state index in [1.54, 1.807) is 0 Å². The average Bonchev–Trinajstić information content (AvgIpc) is 3.90. The first-order chi connectivity index (χ1) is 28.7. The van der Waals surface area contributed by atoms with Crippen molar-refractivity contribution in [3.05, 3.63) is 204 Å². The lowest BCUT2D eigenvalue weighted by molar-refractivity contribution is 0.582. The molecule has 0 spiro atoms. The molecule has 0 saturated heterocycles. The van der Waals surface area contributed by atoms with Crippen LogP contribution in [-0.4, -0.2) is 4.57 Å². The predicted octanol–water partition coefficient (Wildman–Crippen LogP) is 14.2. The maximum atomic E-state index is 17.0. The highest BCUT2D eigenvalue weighted by atomic mass is 31.2. The maximum Gasteiger partial charge on any atom is 0.301 e. The van der Waals surface area contributed by atoms with Crippen LogP contribution in [0, 0.1) is 0 Å². The standard InChI is InChI=1S/C54H42N3OP/c1-53(2)44-26-15-12-24-40(44)52-45(53)27-17-29-49(52)57-48-31-30-36(32-51(48)56(35-18-7-5-8-19-35)59(57,58)37-20-9-6-10-21-37)55-47-28-16-13-23-39(47)42-33-41-38-22-11-14-25-43(38)54(3,4)46(41)34-50(42)55/h5-34H,1-4H3. The van der Waals surface area contributed by atoms with Crippen molar-refractivity contribution < 1.29 is 4.57 Å². The van der Waals surface area contributed by atoms with Crippen LogP contribution in [0.25, 0.3) is 49.7 Å². The Bertz CT molecular complexity index is 3270. The number of aromatic nitrogens is 1. The predicted molar refractivity (Wildman–Crippen MR) is 247 cm³/mol. The van der Waals surface area contributed by atoms with E-state index in [4.69, 9.17) is 0 Å². The fourth-order valence-electron chi connectivity index (χ4n) is 10.7. The minimum atomic E-state index is -3.65. The third-order valence-electron chi connectivity index (χ3n) is 13.5. The molecule has 0 bridgehead atoms. The van der Waals surface area contributed by atoms with Crippen LogP contribution in [0.3, 0.4) is 0 Å². The van der Waals surface area contributed by atoms with Crippen molar-refractivity contribution in [3.8, 4) is 27.9 Å². The first-order valence-electron chi connectivity index (χ1n) is 20.6. The summed E-state index contributed by atoms with van der Waals surface area (Å²) in [6.07, 6.45) is 0. The Morgan fingerprint density at radius 3 is 1.81 bits per heavy atom. The molecule has 1 unspecified atom stereocenters. The van der Waals surface area contributed by atoms with Gasteiger partial charge in [-0.25, -0.2) is 0 Å². The van der Waals surface area contributed by atoms with E-state index >= 15 is 4.57 Å². The van der Waals surface area contributed by atoms with Crippen molar-refractivity contribution in [2.24, 2.45) is 0 Å². The highest BCUT2D eigenvalue weighted by Crippen LogP contribution is 2.72. The number of hydrogen-bond donors (Lipinski definition) is 0. The number of benzene rings is 8. The van der Waals surface area contributed by atoms with Gasteiger partial charge in [0.2, 0.25) is 0 Å². The van der Waals surface area contributed by atoms with Gasteiger partial charge in [0.1, 0.15) is 0 Å². The smallest absolute Gasteiger partial charge is 0.301 e. The Hall–Kier alpha value is -6.61. The molecule has 1 aromatic heterocycles. The van der Waals surface area contributed by atoms with Crippen molar-refractivity contribution in [1.29, 1.82) is 0 Å². The van der Waals surface area contributed by atoms with Gasteiger partial charge in [0, 0.05) is 38.5 Å². The second-order valence-corrected chi connectivity index (χ2v) is 19.7. The summed E-state index contributed by atoms with van der Waals surface area (Å²) in [7, 11) is -3.65. The van der Waals surface area contributed by atoms with Crippen molar-refractivity contribution in [2.45, 2.75) is 38.5 Å². The molecular formula is C54H42N3OP. The van der Waals surface area contributed by atoms with Crippen LogP contribution in [0.5, 0.6) is 0 Å². The molecule has 3 aliphatic rings. The molecular weight excluding hydrogens is 738 g/mol. The lowest BCUT2D eigenvalue weighted by Gasteiger charge is -2.34. The molecule has 12 rings (SSSR count). The van der Waals surface area contributed by atoms with Crippen LogP contribution < -0.4 is 14.6 Å². The van der Waals surface area contributed by atoms with Crippen LogP contribution in [0.15, 0.2) is 182 Å². The quantitative estimate of drug-likeness (QED) is 0.167. The first-order valence-corrected chi connectivity index (χ1v) is 22.2. The molecule has 284 valence electrons. The van der Waals surface area contributed by atoms with E-state index in [0.29, 0.717) is 0 Å². The zero-order chi connectivity index (χ0) is 39.8. The Labute approximate surface area is 345 Å². The second-order valence-electron chi connectivity index (χ2n) is 17.3. The summed E-state index contributed by atoms with van der Waals surface area (Å²) in [5.41, 5.74) is 16.8. The molecule has 9 aromatic rings. The summed E-state index contributed by atoms with van der Waals surface area (Å²) < 4.78 is 23.7. The van der Waals surface area contributed by atoms with E-state index in [-0.39, 0.29) is 10.8 Å². The Kier molecular flexibility index (Phi) is 6.99. The molecule has 2 aliphatic carbocycles. The van der Waals surface area contributed by atoms with Gasteiger partial charge in [0.15, 0.2) is 0 Å². The van der Waals surface area contributed by atoms with Crippen LogP contribution >= 0.6 is 7.44 Å². The number of para-hydroxylation sites is 2. The van der Waals surface area contributed by atoms with Gasteiger partial charge in [-0.15, -0.1) is 0 Å². The van der Waals surface area contributed by atoms with Crippen LogP contribution in [-0.2, 0) is 15.4 Å². The zero-order valence-electron chi connectivity index (χ0n) is 33.5. The Morgan fingerprint density at radius 2 is 1.03 bits per heavy atom. The van der Waals surface area contributed by atoms with Gasteiger partial charge in [-0.2, -0.15) is 0 Å². The molecule has 0 fully saturated rings. The van der Waals surface area contributed by atoms with Gasteiger partial charge in [-0.05, 0) is 106 Å².